The first-order chi connectivity index (χ1) is 51.1. The van der Waals surface area contributed by atoms with Gasteiger partial charge in [-0.25, -0.2) is 38.8 Å². The van der Waals surface area contributed by atoms with E-state index in [1.807, 2.05) is 26.0 Å². The average molecular weight is 1440 g/mol. The summed E-state index contributed by atoms with van der Waals surface area (Å²) < 4.78 is 29.9. The SMILES string of the molecule is C=COC(=O)c1ccc(C)c(N2C(=O)C3C4C=CC(C4)C3C2=O)c1.C=COC(=O)c1ccc(C)c(N2C(=O)C3C4CC(C3C2=O)C2C3C=CC(C3)C42)c1.COC(=O)c1ccc(OC)c(N2C(=O)C3C4C=CC(C4)C3C2=O)c1.COC(=O)c1ccc(OC)c(N2C(=O)C3C4CC(C3C2=O)C2C3C=CC(C3)C42)c1.[HH].[HH]. The van der Waals surface area contributed by atoms with Crippen LogP contribution < -0.4 is 29.1 Å². The van der Waals surface area contributed by atoms with E-state index in [4.69, 9.17) is 28.4 Å². The van der Waals surface area contributed by atoms with Crippen molar-refractivity contribution in [2.75, 3.05) is 48.0 Å². The monoisotopic (exact) mass is 1440 g/mol. The summed E-state index contributed by atoms with van der Waals surface area (Å²) in [4.78, 5) is 159. The lowest BCUT2D eigenvalue weighted by Crippen LogP contribution is -2.38. The van der Waals surface area contributed by atoms with Crippen LogP contribution >= 0.6 is 0 Å². The minimum absolute atomic E-state index is 0. The van der Waals surface area contributed by atoms with Crippen molar-refractivity contribution < 1.29 is 88.8 Å². The van der Waals surface area contributed by atoms with Gasteiger partial charge in [0.05, 0.1) is 133 Å². The van der Waals surface area contributed by atoms with Crippen LogP contribution in [-0.2, 0) is 57.3 Å². The highest BCUT2D eigenvalue weighted by molar-refractivity contribution is 6.26. The molecule has 4 aromatic carbocycles. The third-order valence-electron chi connectivity index (χ3n) is 27.2. The second kappa shape index (κ2) is 25.6. The Morgan fingerprint density at radius 2 is 0.585 bits per heavy atom. The molecule has 22 heteroatoms. The van der Waals surface area contributed by atoms with Gasteiger partial charge >= 0.3 is 23.9 Å². The molecule has 0 N–H and O–H groups in total. The van der Waals surface area contributed by atoms with Gasteiger partial charge in [-0.1, -0.05) is 73.9 Å². The number of methoxy groups -OCH3 is 4. The summed E-state index contributed by atoms with van der Waals surface area (Å²) in [5.74, 6) is 2.03. The highest BCUT2D eigenvalue weighted by Crippen LogP contribution is 2.72. The number of anilines is 4. The Labute approximate surface area is 614 Å². The van der Waals surface area contributed by atoms with Gasteiger partial charge in [-0.05, 0) is 219 Å². The quantitative estimate of drug-likeness (QED) is 0.0318. The molecular weight excluding hydrogens is 1350 g/mol. The van der Waals surface area contributed by atoms with Gasteiger partial charge in [0.1, 0.15) is 11.5 Å². The molecule has 20 rings (SSSR count). The van der Waals surface area contributed by atoms with Crippen molar-refractivity contribution in [2.24, 2.45) is 142 Å². The van der Waals surface area contributed by atoms with Gasteiger partial charge in [0.15, 0.2) is 0 Å². The molecule has 16 aliphatic rings. The van der Waals surface area contributed by atoms with Crippen molar-refractivity contribution in [3.8, 4) is 11.5 Å². The smallest absolute Gasteiger partial charge is 0.342 e. The first-order valence-electron chi connectivity index (χ1n) is 36.8. The van der Waals surface area contributed by atoms with Crippen molar-refractivity contribution >= 4 is 93.9 Å². The number of aryl methyl sites for hydroxylation is 2. The number of imide groups is 4. The number of esters is 4. The molecule has 548 valence electrons. The fourth-order valence-corrected chi connectivity index (χ4v) is 23.5. The van der Waals surface area contributed by atoms with Gasteiger partial charge in [-0.15, -0.1) is 0 Å². The Morgan fingerprint density at radius 1 is 0.340 bits per heavy atom. The number of carbonyl (C=O) groups excluding carboxylic acids is 12. The van der Waals surface area contributed by atoms with Crippen molar-refractivity contribution in [1.29, 1.82) is 0 Å². The Hall–Kier alpha value is -10.6. The predicted octanol–water partition coefficient (Wildman–Crippen LogP) is 11.1. The van der Waals surface area contributed by atoms with Crippen LogP contribution in [0.15, 0.2) is 147 Å². The first kappa shape index (κ1) is 68.5. The zero-order chi connectivity index (χ0) is 74.1. The second-order valence-electron chi connectivity index (χ2n) is 31.4. The number of carbonyl (C=O) groups is 12. The number of hydrogen-bond acceptors (Lipinski definition) is 18. The van der Waals surface area contributed by atoms with Gasteiger partial charge < -0.3 is 28.4 Å². The minimum Gasteiger partial charge on any atom is -0.495 e. The third-order valence-corrected chi connectivity index (χ3v) is 27.2. The van der Waals surface area contributed by atoms with E-state index < -0.39 is 23.9 Å². The van der Waals surface area contributed by atoms with E-state index >= 15 is 0 Å². The number of hydrogen-bond donors (Lipinski definition) is 0. The summed E-state index contributed by atoms with van der Waals surface area (Å²) in [6.45, 7) is 10.4. The second-order valence-corrected chi connectivity index (χ2v) is 31.4. The Balaban J connectivity index is 0.000000115. The van der Waals surface area contributed by atoms with Crippen molar-refractivity contribution in [1.82, 2.24) is 0 Å². The Morgan fingerprint density at radius 3 is 0.868 bits per heavy atom. The highest BCUT2D eigenvalue weighted by Gasteiger charge is 2.73. The van der Waals surface area contributed by atoms with E-state index in [-0.39, 0.29) is 132 Å². The predicted molar refractivity (Wildman–Crippen MR) is 384 cm³/mol. The first-order valence-corrected chi connectivity index (χ1v) is 36.8. The molecule has 106 heavy (non-hydrogen) atoms. The van der Waals surface area contributed by atoms with Crippen LogP contribution in [0.1, 0.15) is 93.9 Å². The number of ether oxygens (including phenoxy) is 6. The number of allylic oxidation sites excluding steroid dienone is 8. The fourth-order valence-electron chi connectivity index (χ4n) is 23.5. The number of rotatable bonds is 12. The van der Waals surface area contributed by atoms with E-state index in [0.29, 0.717) is 116 Å². The molecule has 0 aromatic heterocycles. The van der Waals surface area contributed by atoms with Crippen LogP contribution in [0.3, 0.4) is 0 Å². The standard InChI is InChI=1S/C24H23NO4.C23H23NO5.C19H17NO4.C18H17NO5.2H2/c1-3-29-24(28)14-5-4-11(2)17(9-14)25-22(26)20-15-10-16(21(20)23(25)27)19-13-7-6-12(8-13)18(15)19;1-28-16-6-5-12(23(27)29-2)8-15(16)24-21(25)19-13-9-14(20(19)22(24)26)18-11-4-3-10(7-11)17(13)18;1-3-24-19(23)13-5-4-10(2)14(9-13)20-17(21)15-11-6-7-12(8-11)16(15)18(20)22;1-23-13-6-5-11(18(22)24-2)8-12(13)19-16(20)14-9-3-4-10(7-9)15(14)17(19)21;;/h3-7,9,12-13,15-16,18-21H,1,8,10H2,2H3;3-6,8,10-11,13-14,17-20H,7,9H2,1-2H3;3-7,9,11-12,15-16H,1,8H2,2H3;3-6,8-10,14-15H,7H2,1-2H3;2*1H. The molecule has 22 nitrogen and oxygen atoms in total. The van der Waals surface area contributed by atoms with Crippen LogP contribution in [0.5, 0.6) is 11.5 Å². The molecule has 24 unspecified atom stereocenters. The van der Waals surface area contributed by atoms with Gasteiger partial charge in [-0.3, -0.25) is 38.4 Å². The zero-order valence-corrected chi connectivity index (χ0v) is 59.4. The van der Waals surface area contributed by atoms with Crippen molar-refractivity contribution in [3.05, 3.63) is 180 Å². The molecule has 12 bridgehead atoms. The van der Waals surface area contributed by atoms with E-state index in [1.54, 1.807) is 60.7 Å². The van der Waals surface area contributed by atoms with Crippen molar-refractivity contribution in [3.63, 3.8) is 0 Å². The lowest BCUT2D eigenvalue weighted by atomic mass is 9.65. The van der Waals surface area contributed by atoms with E-state index in [0.717, 1.165) is 49.3 Å². The van der Waals surface area contributed by atoms with Gasteiger partial charge in [-0.2, -0.15) is 0 Å². The number of benzene rings is 4. The summed E-state index contributed by atoms with van der Waals surface area (Å²) in [7, 11) is 5.56. The van der Waals surface area contributed by atoms with E-state index in [1.165, 1.54) is 73.0 Å². The fraction of sp³-hybridized carbons (Fsp3) is 0.429. The topological polar surface area (TPSA) is 273 Å². The molecule has 4 heterocycles. The van der Waals surface area contributed by atoms with Gasteiger partial charge in [0, 0.05) is 2.85 Å². The minimum atomic E-state index is -0.563. The van der Waals surface area contributed by atoms with Crippen LogP contribution in [0, 0.1) is 156 Å². The number of amides is 8. The summed E-state index contributed by atoms with van der Waals surface area (Å²) in [5, 5.41) is 0. The third kappa shape index (κ3) is 9.92. The average Bonchev–Trinajstić information content (AvgIpc) is 1.52. The molecule has 12 fully saturated rings. The van der Waals surface area contributed by atoms with Gasteiger partial charge in [0.25, 0.3) is 0 Å². The molecular formula is C84H84N4O18. The zero-order valence-electron chi connectivity index (χ0n) is 59.4. The molecule has 0 radical (unpaired) electrons. The number of fused-ring (bicyclic) bond motifs is 34. The Kier molecular flexibility index (Phi) is 16.5. The molecule has 4 aromatic rings. The van der Waals surface area contributed by atoms with Crippen LogP contribution in [-0.4, -0.2) is 99.6 Å². The molecule has 12 aliphatic carbocycles. The van der Waals surface area contributed by atoms with Crippen LogP contribution in [0.2, 0.25) is 0 Å². The van der Waals surface area contributed by atoms with Crippen molar-refractivity contribution in [2.45, 2.75) is 52.4 Å². The van der Waals surface area contributed by atoms with Crippen LogP contribution in [0.25, 0.3) is 0 Å². The molecule has 4 saturated heterocycles. The molecule has 0 spiro atoms. The summed E-state index contributed by atoms with van der Waals surface area (Å²) in [6, 6.07) is 19.2. The Bertz CT molecular complexity index is 4630. The van der Waals surface area contributed by atoms with E-state index in [9.17, 15) is 57.5 Å². The maximum absolute atomic E-state index is 13.5. The molecule has 24 atom stereocenters. The summed E-state index contributed by atoms with van der Waals surface area (Å²) >= 11 is 0. The maximum atomic E-state index is 13.5. The maximum Gasteiger partial charge on any atom is 0.342 e. The molecule has 4 aliphatic heterocycles. The summed E-state index contributed by atoms with van der Waals surface area (Å²) in [6.07, 6.45) is 25.9. The van der Waals surface area contributed by atoms with E-state index in [2.05, 4.69) is 49.6 Å². The summed E-state index contributed by atoms with van der Waals surface area (Å²) in [5.41, 5.74) is 4.38. The number of nitrogens with zero attached hydrogens (tertiary/aromatic N) is 4. The largest absolute Gasteiger partial charge is 0.495 e. The van der Waals surface area contributed by atoms with Crippen LogP contribution in [0.4, 0.5) is 22.7 Å². The normalized spacial score (nSPS) is 35.8. The van der Waals surface area contributed by atoms with Gasteiger partial charge in [0.2, 0.25) is 47.3 Å². The lowest BCUT2D eigenvalue weighted by Gasteiger charge is -2.36. The lowest BCUT2D eigenvalue weighted by molar-refractivity contribution is -0.125. The highest BCUT2D eigenvalue weighted by atomic mass is 16.5. The molecule has 8 saturated carbocycles. The molecule has 8 amide bonds.